The number of nitrogens with zero attached hydrogens (tertiary/aromatic N) is 3. The summed E-state index contributed by atoms with van der Waals surface area (Å²) in [4.78, 5) is 25.9. The Morgan fingerprint density at radius 1 is 1.29 bits per heavy atom. The molecule has 24 heavy (non-hydrogen) atoms. The molecule has 6 nitrogen and oxygen atoms in total. The zero-order chi connectivity index (χ0) is 17.1. The molecule has 0 aliphatic carbocycles. The highest BCUT2D eigenvalue weighted by Crippen LogP contribution is 2.22. The number of amides is 1. The van der Waals surface area contributed by atoms with Crippen molar-refractivity contribution in [3.63, 3.8) is 0 Å². The molecule has 0 saturated carbocycles. The van der Waals surface area contributed by atoms with Gasteiger partial charge in [-0.1, -0.05) is 25.1 Å². The van der Waals surface area contributed by atoms with Crippen LogP contribution in [0.25, 0.3) is 5.69 Å². The molecule has 0 radical (unpaired) electrons. The SMILES string of the molecule is CCC(=O)N1CCC(Cc2n[nH]c(=O)n2-c2ccccc2C)CC1. The molecule has 1 aromatic carbocycles. The van der Waals surface area contributed by atoms with Gasteiger partial charge in [-0.15, -0.1) is 0 Å². The molecule has 0 unspecified atom stereocenters. The number of hydrogen-bond donors (Lipinski definition) is 1. The molecule has 1 amide bonds. The Morgan fingerprint density at radius 3 is 2.67 bits per heavy atom. The van der Waals surface area contributed by atoms with Crippen LogP contribution in [0.1, 0.15) is 37.6 Å². The van der Waals surface area contributed by atoms with Crippen LogP contribution >= 0.6 is 0 Å². The second-order valence-electron chi connectivity index (χ2n) is 6.45. The fourth-order valence-electron chi connectivity index (χ4n) is 3.40. The van der Waals surface area contributed by atoms with E-state index in [0.29, 0.717) is 12.3 Å². The summed E-state index contributed by atoms with van der Waals surface area (Å²) in [6, 6.07) is 7.83. The third-order valence-electron chi connectivity index (χ3n) is 4.84. The summed E-state index contributed by atoms with van der Waals surface area (Å²) in [6.45, 7) is 5.50. The first-order chi connectivity index (χ1) is 11.6. The van der Waals surface area contributed by atoms with E-state index in [1.165, 1.54) is 0 Å². The molecule has 1 aliphatic rings. The maximum Gasteiger partial charge on any atom is 0.347 e. The average Bonchev–Trinajstić information content (AvgIpc) is 2.96. The molecule has 1 aliphatic heterocycles. The summed E-state index contributed by atoms with van der Waals surface area (Å²) < 4.78 is 1.68. The van der Waals surface area contributed by atoms with E-state index in [-0.39, 0.29) is 11.6 Å². The van der Waals surface area contributed by atoms with Crippen molar-refractivity contribution in [2.24, 2.45) is 5.92 Å². The number of piperidine rings is 1. The van der Waals surface area contributed by atoms with Crippen LogP contribution in [0.5, 0.6) is 0 Å². The predicted molar refractivity (Wildman–Crippen MR) is 92.2 cm³/mol. The Hall–Kier alpha value is -2.37. The number of carbonyl (C=O) groups excluding carboxylic acids is 1. The molecule has 2 heterocycles. The second-order valence-corrected chi connectivity index (χ2v) is 6.45. The van der Waals surface area contributed by atoms with Gasteiger partial charge < -0.3 is 4.90 Å². The minimum Gasteiger partial charge on any atom is -0.343 e. The standard InChI is InChI=1S/C18H24N4O2/c1-3-17(23)21-10-8-14(9-11-21)12-16-19-20-18(24)22(16)15-7-5-4-6-13(15)2/h4-7,14H,3,8-12H2,1-2H3,(H,20,24). The minimum atomic E-state index is -0.196. The van der Waals surface area contributed by atoms with Gasteiger partial charge in [-0.3, -0.25) is 4.79 Å². The van der Waals surface area contributed by atoms with Crippen LogP contribution in [0.4, 0.5) is 0 Å². The summed E-state index contributed by atoms with van der Waals surface area (Å²) in [6.07, 6.45) is 3.24. The molecule has 6 heteroatoms. The first kappa shape index (κ1) is 16.5. The van der Waals surface area contributed by atoms with E-state index in [1.807, 2.05) is 43.0 Å². The van der Waals surface area contributed by atoms with Crippen molar-refractivity contribution in [1.29, 1.82) is 0 Å². The maximum absolute atomic E-state index is 12.2. The van der Waals surface area contributed by atoms with Gasteiger partial charge in [-0.05, 0) is 37.3 Å². The topological polar surface area (TPSA) is 71.0 Å². The molecule has 1 fully saturated rings. The molecular weight excluding hydrogens is 304 g/mol. The van der Waals surface area contributed by atoms with Crippen molar-refractivity contribution in [2.75, 3.05) is 13.1 Å². The molecule has 0 atom stereocenters. The highest BCUT2D eigenvalue weighted by Gasteiger charge is 2.24. The first-order valence-corrected chi connectivity index (χ1v) is 8.60. The number of H-pyrrole nitrogens is 1. The first-order valence-electron chi connectivity index (χ1n) is 8.60. The van der Waals surface area contributed by atoms with Crippen LogP contribution in [-0.2, 0) is 11.2 Å². The lowest BCUT2D eigenvalue weighted by Crippen LogP contribution is -2.38. The summed E-state index contributed by atoms with van der Waals surface area (Å²) in [7, 11) is 0. The van der Waals surface area contributed by atoms with Gasteiger partial charge in [0.05, 0.1) is 5.69 Å². The van der Waals surface area contributed by atoms with Gasteiger partial charge in [0, 0.05) is 25.9 Å². The van der Waals surface area contributed by atoms with Gasteiger partial charge in [0.2, 0.25) is 5.91 Å². The monoisotopic (exact) mass is 328 g/mol. The number of rotatable bonds is 4. The number of benzene rings is 1. The van der Waals surface area contributed by atoms with Crippen molar-refractivity contribution < 1.29 is 4.79 Å². The molecule has 0 spiro atoms. The fraction of sp³-hybridized carbons (Fsp3) is 0.500. The van der Waals surface area contributed by atoms with Crippen molar-refractivity contribution in [1.82, 2.24) is 19.7 Å². The Labute approximate surface area is 141 Å². The van der Waals surface area contributed by atoms with Gasteiger partial charge in [0.15, 0.2) is 0 Å². The van der Waals surface area contributed by atoms with Crippen molar-refractivity contribution in [3.8, 4) is 5.69 Å². The molecule has 1 aromatic heterocycles. The largest absolute Gasteiger partial charge is 0.347 e. The lowest BCUT2D eigenvalue weighted by atomic mass is 9.93. The van der Waals surface area contributed by atoms with Crippen molar-refractivity contribution in [3.05, 3.63) is 46.1 Å². The lowest BCUT2D eigenvalue weighted by Gasteiger charge is -2.31. The predicted octanol–water partition coefficient (Wildman–Crippen LogP) is 2.06. The molecule has 1 N–H and O–H groups in total. The number of carbonyl (C=O) groups is 1. The number of hydrogen-bond acceptors (Lipinski definition) is 3. The summed E-state index contributed by atoms with van der Waals surface area (Å²) in [5, 5.41) is 6.82. The van der Waals surface area contributed by atoms with Crippen LogP contribution in [0.2, 0.25) is 0 Å². The number of nitrogens with one attached hydrogen (secondary N) is 1. The Kier molecular flexibility index (Phi) is 4.83. The van der Waals surface area contributed by atoms with E-state index in [9.17, 15) is 9.59 Å². The number of para-hydroxylation sites is 1. The number of aromatic nitrogens is 3. The van der Waals surface area contributed by atoms with E-state index >= 15 is 0 Å². The normalized spacial score (nSPS) is 15.7. The number of likely N-dealkylation sites (tertiary alicyclic amines) is 1. The van der Waals surface area contributed by atoms with Crippen molar-refractivity contribution >= 4 is 5.91 Å². The molecule has 128 valence electrons. The molecular formula is C18H24N4O2. The lowest BCUT2D eigenvalue weighted by molar-refractivity contribution is -0.132. The molecule has 1 saturated heterocycles. The quantitative estimate of drug-likeness (QED) is 0.934. The van der Waals surface area contributed by atoms with E-state index in [2.05, 4.69) is 10.2 Å². The summed E-state index contributed by atoms with van der Waals surface area (Å²) >= 11 is 0. The van der Waals surface area contributed by atoms with E-state index in [0.717, 1.165) is 49.4 Å². The van der Waals surface area contributed by atoms with Gasteiger partial charge in [-0.25, -0.2) is 14.5 Å². The highest BCUT2D eigenvalue weighted by atomic mass is 16.2. The van der Waals surface area contributed by atoms with Crippen LogP contribution < -0.4 is 5.69 Å². The second kappa shape index (κ2) is 7.03. The molecule has 3 rings (SSSR count). The Morgan fingerprint density at radius 2 is 2.00 bits per heavy atom. The Bertz CT molecular complexity index is 769. The summed E-state index contributed by atoms with van der Waals surface area (Å²) in [5.41, 5.74) is 1.73. The molecule has 0 bridgehead atoms. The third-order valence-corrected chi connectivity index (χ3v) is 4.84. The third kappa shape index (κ3) is 3.27. The zero-order valence-corrected chi connectivity index (χ0v) is 14.3. The van der Waals surface area contributed by atoms with Crippen LogP contribution in [0.15, 0.2) is 29.1 Å². The Balaban J connectivity index is 1.75. The zero-order valence-electron chi connectivity index (χ0n) is 14.3. The van der Waals surface area contributed by atoms with Crippen LogP contribution in [-0.4, -0.2) is 38.7 Å². The van der Waals surface area contributed by atoms with Crippen molar-refractivity contribution in [2.45, 2.75) is 39.5 Å². The average molecular weight is 328 g/mol. The highest BCUT2D eigenvalue weighted by molar-refractivity contribution is 5.75. The number of aryl methyl sites for hydroxylation is 1. The van der Waals surface area contributed by atoms with E-state index in [1.54, 1.807) is 4.57 Å². The fourth-order valence-corrected chi connectivity index (χ4v) is 3.40. The summed E-state index contributed by atoms with van der Waals surface area (Å²) in [5.74, 6) is 1.45. The molecule has 2 aromatic rings. The van der Waals surface area contributed by atoms with Gasteiger partial charge in [-0.2, -0.15) is 5.10 Å². The van der Waals surface area contributed by atoms with E-state index < -0.39 is 0 Å². The minimum absolute atomic E-state index is 0.196. The smallest absolute Gasteiger partial charge is 0.343 e. The van der Waals surface area contributed by atoms with E-state index in [4.69, 9.17) is 0 Å². The van der Waals surface area contributed by atoms with Gasteiger partial charge in [0.1, 0.15) is 5.82 Å². The number of aromatic amines is 1. The van der Waals surface area contributed by atoms with Crippen LogP contribution in [0, 0.1) is 12.8 Å². The maximum atomic E-state index is 12.2. The van der Waals surface area contributed by atoms with Gasteiger partial charge >= 0.3 is 5.69 Å². The van der Waals surface area contributed by atoms with Crippen LogP contribution in [0.3, 0.4) is 0 Å². The van der Waals surface area contributed by atoms with Gasteiger partial charge in [0.25, 0.3) is 0 Å².